The van der Waals surface area contributed by atoms with Crippen molar-refractivity contribution in [2.24, 2.45) is 5.10 Å². The van der Waals surface area contributed by atoms with Crippen molar-refractivity contribution in [3.63, 3.8) is 0 Å². The summed E-state index contributed by atoms with van der Waals surface area (Å²) in [7, 11) is 0. The third-order valence-corrected chi connectivity index (χ3v) is 2.96. The molecule has 23 heavy (non-hydrogen) atoms. The van der Waals surface area contributed by atoms with E-state index in [1.54, 1.807) is 31.2 Å². The highest BCUT2D eigenvalue weighted by Gasteiger charge is 2.03. The van der Waals surface area contributed by atoms with Crippen molar-refractivity contribution in [2.45, 2.75) is 6.92 Å². The van der Waals surface area contributed by atoms with Gasteiger partial charge in [0.25, 0.3) is 5.91 Å². The monoisotopic (exact) mass is 311 g/mol. The Hall–Kier alpha value is -3.20. The zero-order valence-electron chi connectivity index (χ0n) is 12.4. The van der Waals surface area contributed by atoms with Crippen molar-refractivity contribution in [2.75, 3.05) is 6.61 Å². The lowest BCUT2D eigenvalue weighted by Gasteiger charge is -2.06. The van der Waals surface area contributed by atoms with Crippen LogP contribution in [0.25, 0.3) is 0 Å². The van der Waals surface area contributed by atoms with Gasteiger partial charge >= 0.3 is 0 Å². The Labute approximate surface area is 133 Å². The number of carbonyl (C=O) groups is 1. The van der Waals surface area contributed by atoms with Crippen LogP contribution in [0.1, 0.15) is 18.1 Å². The van der Waals surface area contributed by atoms with E-state index in [0.717, 1.165) is 5.56 Å². The first-order chi connectivity index (χ1) is 11.1. The molecule has 0 atom stereocenters. The van der Waals surface area contributed by atoms with E-state index in [1.165, 1.54) is 24.3 Å². The van der Waals surface area contributed by atoms with Crippen LogP contribution in [0.5, 0.6) is 5.75 Å². The van der Waals surface area contributed by atoms with E-state index in [1.807, 2.05) is 6.07 Å². The van der Waals surface area contributed by atoms with Crippen LogP contribution in [-0.2, 0) is 4.79 Å². The lowest BCUT2D eigenvalue weighted by atomic mass is 10.1. The fraction of sp³-hybridized carbons (Fsp3) is 0.118. The minimum absolute atomic E-state index is 0.226. The van der Waals surface area contributed by atoms with Gasteiger partial charge < -0.3 is 4.74 Å². The summed E-state index contributed by atoms with van der Waals surface area (Å²) in [5, 5.41) is 12.7. The van der Waals surface area contributed by atoms with E-state index in [9.17, 15) is 9.18 Å². The van der Waals surface area contributed by atoms with Gasteiger partial charge in [-0.25, -0.2) is 9.82 Å². The molecular formula is C17H14FN3O2. The van der Waals surface area contributed by atoms with Crippen LogP contribution >= 0.6 is 0 Å². The number of halogens is 1. The summed E-state index contributed by atoms with van der Waals surface area (Å²) in [6.45, 7) is 1.51. The van der Waals surface area contributed by atoms with Gasteiger partial charge in [0.05, 0.1) is 17.3 Å². The van der Waals surface area contributed by atoms with Gasteiger partial charge in [0.15, 0.2) is 6.61 Å². The number of rotatable bonds is 5. The second kappa shape index (κ2) is 7.71. The molecule has 1 amide bonds. The molecule has 0 aliphatic heterocycles. The van der Waals surface area contributed by atoms with Crippen LogP contribution < -0.4 is 10.2 Å². The highest BCUT2D eigenvalue weighted by Crippen LogP contribution is 2.10. The number of nitriles is 1. The van der Waals surface area contributed by atoms with Crippen molar-refractivity contribution in [1.82, 2.24) is 5.43 Å². The minimum Gasteiger partial charge on any atom is -0.484 e. The number of nitrogens with one attached hydrogen (secondary N) is 1. The average molecular weight is 311 g/mol. The summed E-state index contributed by atoms with van der Waals surface area (Å²) in [6, 6.07) is 14.3. The maximum atomic E-state index is 12.7. The molecule has 0 radical (unpaired) electrons. The van der Waals surface area contributed by atoms with E-state index >= 15 is 0 Å². The first-order valence-corrected chi connectivity index (χ1v) is 6.80. The molecule has 0 aliphatic rings. The van der Waals surface area contributed by atoms with Crippen molar-refractivity contribution >= 4 is 11.6 Å². The summed E-state index contributed by atoms with van der Waals surface area (Å²) in [4.78, 5) is 11.7. The van der Waals surface area contributed by atoms with Crippen LogP contribution in [0.2, 0.25) is 0 Å². The molecule has 6 heteroatoms. The quantitative estimate of drug-likeness (QED) is 0.681. The van der Waals surface area contributed by atoms with Crippen LogP contribution in [0, 0.1) is 17.1 Å². The maximum absolute atomic E-state index is 12.7. The van der Waals surface area contributed by atoms with E-state index in [4.69, 9.17) is 10.00 Å². The average Bonchev–Trinajstić information content (AvgIpc) is 2.59. The summed E-state index contributed by atoms with van der Waals surface area (Å²) in [5.74, 6) is -0.402. The molecule has 2 aromatic carbocycles. The van der Waals surface area contributed by atoms with Crippen molar-refractivity contribution < 1.29 is 13.9 Å². The lowest BCUT2D eigenvalue weighted by molar-refractivity contribution is -0.123. The highest BCUT2D eigenvalue weighted by molar-refractivity contribution is 5.99. The van der Waals surface area contributed by atoms with Crippen molar-refractivity contribution in [3.05, 3.63) is 65.5 Å². The lowest BCUT2D eigenvalue weighted by Crippen LogP contribution is -2.25. The molecule has 0 spiro atoms. The van der Waals surface area contributed by atoms with Crippen LogP contribution in [0.4, 0.5) is 4.39 Å². The SMILES string of the molecule is CC(=NNC(=O)COc1ccc(F)cc1)c1ccc(C#N)cc1. The summed E-state index contributed by atoms with van der Waals surface area (Å²) >= 11 is 0. The molecule has 1 N–H and O–H groups in total. The molecule has 5 nitrogen and oxygen atoms in total. The van der Waals surface area contributed by atoms with E-state index in [0.29, 0.717) is 17.0 Å². The zero-order chi connectivity index (χ0) is 16.7. The summed E-state index contributed by atoms with van der Waals surface area (Å²) in [5.41, 5.74) is 4.33. The van der Waals surface area contributed by atoms with Gasteiger partial charge in [-0.15, -0.1) is 0 Å². The van der Waals surface area contributed by atoms with Gasteiger partial charge in [-0.1, -0.05) is 12.1 Å². The molecule has 0 bridgehead atoms. The molecular weight excluding hydrogens is 297 g/mol. The van der Waals surface area contributed by atoms with Gasteiger partial charge in [0.1, 0.15) is 11.6 Å². The van der Waals surface area contributed by atoms with Crippen LogP contribution in [-0.4, -0.2) is 18.2 Å². The van der Waals surface area contributed by atoms with Crippen molar-refractivity contribution in [3.8, 4) is 11.8 Å². The predicted octanol–water partition coefficient (Wildman–Crippen LogP) is 2.62. The fourth-order valence-corrected chi connectivity index (χ4v) is 1.71. The normalized spacial score (nSPS) is 10.7. The molecule has 2 aromatic rings. The Balaban J connectivity index is 1.86. The molecule has 0 unspecified atom stereocenters. The maximum Gasteiger partial charge on any atom is 0.277 e. The molecule has 0 heterocycles. The predicted molar refractivity (Wildman–Crippen MR) is 83.4 cm³/mol. The van der Waals surface area contributed by atoms with Crippen molar-refractivity contribution in [1.29, 1.82) is 5.26 Å². The first-order valence-electron chi connectivity index (χ1n) is 6.80. The number of carbonyl (C=O) groups excluding carboxylic acids is 1. The smallest absolute Gasteiger partial charge is 0.277 e. The van der Waals surface area contributed by atoms with E-state index < -0.39 is 5.91 Å². The number of ether oxygens (including phenoxy) is 1. The Kier molecular flexibility index (Phi) is 5.42. The van der Waals surface area contributed by atoms with Gasteiger partial charge in [-0.05, 0) is 48.9 Å². The molecule has 116 valence electrons. The van der Waals surface area contributed by atoms with Gasteiger partial charge in [-0.2, -0.15) is 10.4 Å². The Bertz CT molecular complexity index is 747. The van der Waals surface area contributed by atoms with Gasteiger partial charge in [0.2, 0.25) is 0 Å². The molecule has 0 saturated heterocycles. The molecule has 0 fully saturated rings. The van der Waals surface area contributed by atoms with Crippen LogP contribution in [0.15, 0.2) is 53.6 Å². The Morgan fingerprint density at radius 1 is 1.22 bits per heavy atom. The molecule has 0 aliphatic carbocycles. The third kappa shape index (κ3) is 4.93. The second-order valence-electron chi connectivity index (χ2n) is 4.66. The molecule has 0 aromatic heterocycles. The van der Waals surface area contributed by atoms with Gasteiger partial charge in [0, 0.05) is 0 Å². The largest absolute Gasteiger partial charge is 0.484 e. The number of amides is 1. The number of hydrazone groups is 1. The standard InChI is InChI=1S/C17H14FN3O2/c1-12(14-4-2-13(10-19)3-5-14)20-21-17(22)11-23-16-8-6-15(18)7-9-16/h2-9H,11H2,1H3,(H,21,22). The number of nitrogens with zero attached hydrogens (tertiary/aromatic N) is 2. The van der Waals surface area contributed by atoms with E-state index in [-0.39, 0.29) is 12.4 Å². The Morgan fingerprint density at radius 3 is 2.48 bits per heavy atom. The number of hydrogen-bond acceptors (Lipinski definition) is 4. The molecule has 0 saturated carbocycles. The second-order valence-corrected chi connectivity index (χ2v) is 4.66. The number of benzene rings is 2. The summed E-state index contributed by atoms with van der Waals surface area (Å²) < 4.78 is 17.9. The Morgan fingerprint density at radius 2 is 1.87 bits per heavy atom. The minimum atomic E-state index is -0.428. The molecule has 2 rings (SSSR count). The fourth-order valence-electron chi connectivity index (χ4n) is 1.71. The topological polar surface area (TPSA) is 74.5 Å². The first kappa shape index (κ1) is 16.2. The highest BCUT2D eigenvalue weighted by atomic mass is 19.1. The van der Waals surface area contributed by atoms with Gasteiger partial charge in [-0.3, -0.25) is 4.79 Å². The number of hydrogen-bond donors (Lipinski definition) is 1. The van der Waals surface area contributed by atoms with Crippen LogP contribution in [0.3, 0.4) is 0 Å². The zero-order valence-corrected chi connectivity index (χ0v) is 12.4. The van der Waals surface area contributed by atoms with E-state index in [2.05, 4.69) is 10.5 Å². The third-order valence-electron chi connectivity index (χ3n) is 2.96. The summed E-state index contributed by atoms with van der Waals surface area (Å²) in [6.07, 6.45) is 0.